The highest BCUT2D eigenvalue weighted by Crippen LogP contribution is 2.30. The van der Waals surface area contributed by atoms with Gasteiger partial charge < -0.3 is 10.6 Å². The smallest absolute Gasteiger partial charge is 0.255 e. The van der Waals surface area contributed by atoms with Crippen LogP contribution in [0, 0.1) is 0 Å². The summed E-state index contributed by atoms with van der Waals surface area (Å²) in [5, 5.41) is 0.623. The Bertz CT molecular complexity index is 564. The van der Waals surface area contributed by atoms with Crippen LogP contribution in [0.3, 0.4) is 0 Å². The van der Waals surface area contributed by atoms with Crippen molar-refractivity contribution in [2.75, 3.05) is 31.9 Å². The van der Waals surface area contributed by atoms with Crippen LogP contribution in [0.1, 0.15) is 29.6 Å². The summed E-state index contributed by atoms with van der Waals surface area (Å²) in [4.78, 5) is 17.1. The lowest BCUT2D eigenvalue weighted by Crippen LogP contribution is -2.56. The molecule has 6 heteroatoms. The summed E-state index contributed by atoms with van der Waals surface area (Å²) in [6.07, 6.45) is 3.67. The van der Waals surface area contributed by atoms with Gasteiger partial charge in [-0.15, -0.1) is 0 Å². The van der Waals surface area contributed by atoms with Gasteiger partial charge in [-0.25, -0.2) is 0 Å². The standard InChI is InChI=1S/C15H19Cl2N3O/c16-13-8-10(18)7-12(14(13)17)15(21)20-6-5-19-4-2-1-3-11(19)9-20/h7-8,11H,1-6,9,18H2. The van der Waals surface area contributed by atoms with Gasteiger partial charge in [-0.3, -0.25) is 9.69 Å². The molecule has 2 N–H and O–H groups in total. The Labute approximate surface area is 134 Å². The van der Waals surface area contributed by atoms with E-state index < -0.39 is 0 Å². The number of nitrogens with zero attached hydrogens (tertiary/aromatic N) is 2. The molecule has 2 fully saturated rings. The molecule has 0 saturated carbocycles. The van der Waals surface area contributed by atoms with Gasteiger partial charge in [0.25, 0.3) is 5.91 Å². The van der Waals surface area contributed by atoms with E-state index in [0.717, 1.165) is 32.6 Å². The van der Waals surface area contributed by atoms with Gasteiger partial charge in [-0.2, -0.15) is 0 Å². The largest absolute Gasteiger partial charge is 0.399 e. The van der Waals surface area contributed by atoms with Gasteiger partial charge in [0, 0.05) is 31.4 Å². The summed E-state index contributed by atoms with van der Waals surface area (Å²) in [6, 6.07) is 3.66. The third kappa shape index (κ3) is 2.98. The fraction of sp³-hybridized carbons (Fsp3) is 0.533. The number of rotatable bonds is 1. The molecule has 1 amide bonds. The summed E-state index contributed by atoms with van der Waals surface area (Å²) in [5.74, 6) is -0.0700. The van der Waals surface area contributed by atoms with Crippen molar-refractivity contribution in [1.29, 1.82) is 0 Å². The number of anilines is 1. The number of nitrogen functional groups attached to an aromatic ring is 1. The van der Waals surface area contributed by atoms with Crippen molar-refractivity contribution in [3.05, 3.63) is 27.7 Å². The van der Waals surface area contributed by atoms with Gasteiger partial charge in [0.1, 0.15) is 0 Å². The fourth-order valence-electron chi connectivity index (χ4n) is 3.28. The topological polar surface area (TPSA) is 49.6 Å². The number of hydrogen-bond acceptors (Lipinski definition) is 3. The Morgan fingerprint density at radius 3 is 2.81 bits per heavy atom. The molecule has 2 heterocycles. The monoisotopic (exact) mass is 327 g/mol. The van der Waals surface area contributed by atoms with Crippen LogP contribution >= 0.6 is 23.2 Å². The van der Waals surface area contributed by atoms with Crippen molar-refractivity contribution in [3.8, 4) is 0 Å². The summed E-state index contributed by atoms with van der Waals surface area (Å²) in [6.45, 7) is 3.58. The van der Waals surface area contributed by atoms with Crippen LogP contribution in [-0.4, -0.2) is 47.9 Å². The van der Waals surface area contributed by atoms with Crippen molar-refractivity contribution < 1.29 is 4.79 Å². The second-order valence-electron chi connectivity index (χ2n) is 5.80. The fourth-order valence-corrected chi connectivity index (χ4v) is 3.69. The molecule has 1 aromatic rings. The molecule has 3 rings (SSSR count). The predicted molar refractivity (Wildman–Crippen MR) is 86.0 cm³/mol. The quantitative estimate of drug-likeness (QED) is 0.807. The average molecular weight is 328 g/mol. The van der Waals surface area contributed by atoms with Gasteiger partial charge >= 0.3 is 0 Å². The summed E-state index contributed by atoms with van der Waals surface area (Å²) >= 11 is 12.2. The lowest BCUT2D eigenvalue weighted by atomic mass is 9.99. The molecule has 21 heavy (non-hydrogen) atoms. The number of nitrogens with two attached hydrogens (primary N) is 1. The van der Waals surface area contributed by atoms with Gasteiger partial charge in [-0.1, -0.05) is 29.6 Å². The first-order chi connectivity index (χ1) is 10.1. The summed E-state index contributed by atoms with van der Waals surface area (Å²) in [5.41, 5.74) is 6.65. The molecular formula is C15H19Cl2N3O. The first-order valence-electron chi connectivity index (χ1n) is 7.34. The molecule has 2 aliphatic heterocycles. The lowest BCUT2D eigenvalue weighted by molar-refractivity contribution is 0.0372. The normalized spacial score (nSPS) is 23.0. The van der Waals surface area contributed by atoms with E-state index in [0.29, 0.717) is 27.3 Å². The van der Waals surface area contributed by atoms with Crippen LogP contribution in [0.5, 0.6) is 0 Å². The van der Waals surface area contributed by atoms with Gasteiger partial charge in [-0.05, 0) is 31.5 Å². The Morgan fingerprint density at radius 2 is 2.00 bits per heavy atom. The van der Waals surface area contributed by atoms with E-state index >= 15 is 0 Å². The molecule has 114 valence electrons. The first kappa shape index (κ1) is 14.9. The van der Waals surface area contributed by atoms with E-state index in [2.05, 4.69) is 4.90 Å². The maximum absolute atomic E-state index is 12.7. The van der Waals surface area contributed by atoms with Crippen LogP contribution in [0.15, 0.2) is 12.1 Å². The van der Waals surface area contributed by atoms with Crippen LogP contribution in [0.25, 0.3) is 0 Å². The Kier molecular flexibility index (Phi) is 4.29. The number of carbonyl (C=O) groups is 1. The van der Waals surface area contributed by atoms with E-state index in [9.17, 15) is 4.79 Å². The summed E-state index contributed by atoms with van der Waals surface area (Å²) in [7, 11) is 0. The van der Waals surface area contributed by atoms with E-state index in [4.69, 9.17) is 28.9 Å². The third-order valence-corrected chi connectivity index (χ3v) is 5.21. The van der Waals surface area contributed by atoms with E-state index in [1.165, 1.54) is 12.8 Å². The number of amides is 1. The molecule has 1 unspecified atom stereocenters. The lowest BCUT2D eigenvalue weighted by Gasteiger charge is -2.44. The zero-order chi connectivity index (χ0) is 15.0. The van der Waals surface area contributed by atoms with Crippen molar-refractivity contribution in [2.24, 2.45) is 0 Å². The van der Waals surface area contributed by atoms with Crippen LogP contribution < -0.4 is 5.73 Å². The SMILES string of the molecule is Nc1cc(Cl)c(Cl)c(C(=O)N2CCN3CCCCC3C2)c1. The molecule has 0 radical (unpaired) electrons. The van der Waals surface area contributed by atoms with Crippen LogP contribution in [0.2, 0.25) is 10.0 Å². The first-order valence-corrected chi connectivity index (χ1v) is 8.09. The molecular weight excluding hydrogens is 309 g/mol. The Hall–Kier alpha value is -0.970. The zero-order valence-corrected chi connectivity index (χ0v) is 13.3. The molecule has 2 aliphatic rings. The average Bonchev–Trinajstić information content (AvgIpc) is 2.49. The van der Waals surface area contributed by atoms with Crippen molar-refractivity contribution in [1.82, 2.24) is 9.80 Å². The number of carbonyl (C=O) groups excluding carboxylic acids is 1. The highest BCUT2D eigenvalue weighted by atomic mass is 35.5. The van der Waals surface area contributed by atoms with Gasteiger partial charge in [0.2, 0.25) is 0 Å². The number of fused-ring (bicyclic) bond motifs is 1. The molecule has 4 nitrogen and oxygen atoms in total. The maximum atomic E-state index is 12.7. The Balaban J connectivity index is 1.79. The predicted octanol–water partition coefficient (Wildman–Crippen LogP) is 2.89. The van der Waals surface area contributed by atoms with Crippen LogP contribution in [-0.2, 0) is 0 Å². The molecule has 1 atom stereocenters. The minimum atomic E-state index is -0.0700. The van der Waals surface area contributed by atoms with Crippen LogP contribution in [0.4, 0.5) is 5.69 Å². The van der Waals surface area contributed by atoms with Gasteiger partial charge in [0.15, 0.2) is 0 Å². The van der Waals surface area contributed by atoms with E-state index in [1.807, 2.05) is 4.90 Å². The number of benzene rings is 1. The number of hydrogen-bond donors (Lipinski definition) is 1. The van der Waals surface area contributed by atoms with Crippen molar-refractivity contribution in [3.63, 3.8) is 0 Å². The second kappa shape index (κ2) is 6.03. The molecule has 0 aromatic heterocycles. The summed E-state index contributed by atoms with van der Waals surface area (Å²) < 4.78 is 0. The maximum Gasteiger partial charge on any atom is 0.255 e. The Morgan fingerprint density at radius 1 is 1.19 bits per heavy atom. The van der Waals surface area contributed by atoms with Crippen molar-refractivity contribution >= 4 is 34.8 Å². The number of piperidine rings is 1. The molecule has 0 aliphatic carbocycles. The number of halogens is 2. The van der Waals surface area contributed by atoms with Gasteiger partial charge in [0.05, 0.1) is 15.6 Å². The van der Waals surface area contributed by atoms with E-state index in [-0.39, 0.29) is 5.91 Å². The molecule has 0 spiro atoms. The second-order valence-corrected chi connectivity index (χ2v) is 6.59. The van der Waals surface area contributed by atoms with Crippen molar-refractivity contribution in [2.45, 2.75) is 25.3 Å². The van der Waals surface area contributed by atoms with E-state index in [1.54, 1.807) is 12.1 Å². The molecule has 2 saturated heterocycles. The minimum absolute atomic E-state index is 0.0700. The molecule has 0 bridgehead atoms. The number of piperazine rings is 1. The third-order valence-electron chi connectivity index (χ3n) is 4.41. The highest BCUT2D eigenvalue weighted by molar-refractivity contribution is 6.44. The minimum Gasteiger partial charge on any atom is -0.399 e. The zero-order valence-electron chi connectivity index (χ0n) is 11.8. The highest BCUT2D eigenvalue weighted by Gasteiger charge is 2.32. The molecule has 1 aromatic carbocycles.